The molecule has 2 N–H and O–H groups in total. The van der Waals surface area contributed by atoms with Crippen molar-refractivity contribution >= 4 is 23.2 Å². The third-order valence-corrected chi connectivity index (χ3v) is 11.9. The van der Waals surface area contributed by atoms with Gasteiger partial charge in [-0.15, -0.1) is 11.3 Å². The van der Waals surface area contributed by atoms with Crippen LogP contribution in [-0.2, 0) is 29.2 Å². The molecule has 4 aromatic rings. The number of amides is 2. The summed E-state index contributed by atoms with van der Waals surface area (Å²) in [5.74, 6) is -1.39. The van der Waals surface area contributed by atoms with Crippen molar-refractivity contribution in [1.82, 2.24) is 25.0 Å². The Labute approximate surface area is 330 Å². The summed E-state index contributed by atoms with van der Waals surface area (Å²) in [4.78, 5) is 34.5. The molecule has 0 aliphatic carbocycles. The number of likely N-dealkylation sites (tertiary alicyclic amines) is 2. The standard InChI is InChI=1S/C40H45F6N5O5S/c1-4-9-33-38(56-27-22-34(57-24-27)40(44,45)46,14-8-18-51(33)35(52)29-23-47-17-13-30(29)39(41,42)43)36(53)50-19-15-37(54,16-20-50)31-11-5-6-12-32(31)55-21-7-10-28-25(2)48-49-26(28)3/h5-6,11-13,17,22-24,33,54H,4,7-10,14-16,18-21H2,1-3H3,(H,48,49)/t33-,38-/m1/s1. The Hall–Kier alpha value is -4.64. The van der Waals surface area contributed by atoms with E-state index in [1.807, 2.05) is 13.8 Å². The number of hydrogen-bond acceptors (Lipinski definition) is 8. The third kappa shape index (κ3) is 8.78. The fraction of sp³-hybridized carbons (Fsp3) is 0.500. The van der Waals surface area contributed by atoms with Crippen molar-refractivity contribution in [3.8, 4) is 11.5 Å². The molecular formula is C40H45F6N5O5S. The smallest absolute Gasteiger partial charge is 0.425 e. The highest BCUT2D eigenvalue weighted by Gasteiger charge is 2.56. The highest BCUT2D eigenvalue weighted by atomic mass is 32.1. The number of piperidine rings is 2. The maximum atomic E-state index is 15.0. The van der Waals surface area contributed by atoms with Gasteiger partial charge < -0.3 is 24.4 Å². The number of alkyl halides is 6. The number of carbonyl (C=O) groups excluding carboxylic acids is 2. The average molecular weight is 822 g/mol. The number of aromatic amines is 1. The van der Waals surface area contributed by atoms with Crippen LogP contribution in [0.2, 0.25) is 0 Å². The molecule has 0 bridgehead atoms. The molecule has 5 heterocycles. The van der Waals surface area contributed by atoms with Gasteiger partial charge in [0, 0.05) is 61.2 Å². The number of benzene rings is 1. The number of halogens is 6. The second-order valence-electron chi connectivity index (χ2n) is 14.6. The number of rotatable bonds is 12. The van der Waals surface area contributed by atoms with Crippen LogP contribution >= 0.6 is 11.3 Å². The first kappa shape index (κ1) is 42.0. The number of nitrogens with zero attached hydrogens (tertiary/aromatic N) is 4. The van der Waals surface area contributed by atoms with Crippen LogP contribution in [0.1, 0.15) is 95.2 Å². The molecule has 2 aliphatic rings. The molecule has 308 valence electrons. The second-order valence-corrected chi connectivity index (χ2v) is 15.6. The van der Waals surface area contributed by atoms with Gasteiger partial charge in [-0.25, -0.2) is 0 Å². The van der Waals surface area contributed by atoms with Crippen molar-refractivity contribution < 1.29 is 50.5 Å². The zero-order chi connectivity index (χ0) is 41.2. The van der Waals surface area contributed by atoms with Crippen molar-refractivity contribution in [2.75, 3.05) is 26.2 Å². The maximum Gasteiger partial charge on any atom is 0.425 e. The van der Waals surface area contributed by atoms with Crippen LogP contribution < -0.4 is 9.47 Å². The van der Waals surface area contributed by atoms with Crippen molar-refractivity contribution in [2.45, 2.75) is 102 Å². The lowest BCUT2D eigenvalue weighted by Crippen LogP contribution is -2.68. The quantitative estimate of drug-likeness (QED) is 0.109. The van der Waals surface area contributed by atoms with Gasteiger partial charge in [0.2, 0.25) is 5.60 Å². The predicted molar refractivity (Wildman–Crippen MR) is 199 cm³/mol. The molecule has 0 radical (unpaired) electrons. The Morgan fingerprint density at radius 2 is 1.77 bits per heavy atom. The summed E-state index contributed by atoms with van der Waals surface area (Å²) in [6.07, 6.45) is -5.68. The fourth-order valence-corrected chi connectivity index (χ4v) is 8.75. The summed E-state index contributed by atoms with van der Waals surface area (Å²) in [6, 6.07) is 7.45. The molecule has 0 spiro atoms. The van der Waals surface area contributed by atoms with E-state index in [1.54, 1.807) is 31.2 Å². The fourth-order valence-electron chi connectivity index (χ4n) is 8.07. The first-order valence-corrected chi connectivity index (χ1v) is 19.8. The molecule has 0 unspecified atom stereocenters. The summed E-state index contributed by atoms with van der Waals surface area (Å²) in [6.45, 7) is 6.04. The van der Waals surface area contributed by atoms with Gasteiger partial charge in [-0.2, -0.15) is 31.4 Å². The number of hydrogen-bond donors (Lipinski definition) is 2. The topological polar surface area (TPSA) is 121 Å². The number of pyridine rings is 1. The van der Waals surface area contributed by atoms with Gasteiger partial charge in [0.15, 0.2) is 0 Å². The minimum absolute atomic E-state index is 0.0128. The Bertz CT molecular complexity index is 2020. The highest BCUT2D eigenvalue weighted by Crippen LogP contribution is 2.44. The van der Waals surface area contributed by atoms with Gasteiger partial charge in [0.05, 0.1) is 35.1 Å². The molecule has 0 saturated carbocycles. The number of thiophene rings is 1. The van der Waals surface area contributed by atoms with Crippen molar-refractivity contribution in [1.29, 1.82) is 0 Å². The predicted octanol–water partition coefficient (Wildman–Crippen LogP) is 8.26. The van der Waals surface area contributed by atoms with Crippen LogP contribution in [0.5, 0.6) is 11.5 Å². The summed E-state index contributed by atoms with van der Waals surface area (Å²) < 4.78 is 96.0. The molecule has 10 nitrogen and oxygen atoms in total. The summed E-state index contributed by atoms with van der Waals surface area (Å²) in [7, 11) is 0. The lowest BCUT2D eigenvalue weighted by Gasteiger charge is -2.51. The lowest BCUT2D eigenvalue weighted by molar-refractivity contribution is -0.163. The number of carbonyl (C=O) groups is 2. The van der Waals surface area contributed by atoms with Crippen molar-refractivity contribution in [2.24, 2.45) is 0 Å². The van der Waals surface area contributed by atoms with Crippen molar-refractivity contribution in [3.05, 3.63) is 92.7 Å². The summed E-state index contributed by atoms with van der Waals surface area (Å²) >= 11 is 0.382. The number of ether oxygens (including phenoxy) is 2. The van der Waals surface area contributed by atoms with E-state index >= 15 is 0 Å². The summed E-state index contributed by atoms with van der Waals surface area (Å²) in [5, 5.41) is 20.4. The zero-order valence-electron chi connectivity index (χ0n) is 31.8. The third-order valence-electron chi connectivity index (χ3n) is 10.9. The monoisotopic (exact) mass is 821 g/mol. The van der Waals surface area contributed by atoms with Crippen LogP contribution in [0.4, 0.5) is 26.3 Å². The van der Waals surface area contributed by atoms with Crippen LogP contribution in [0.25, 0.3) is 0 Å². The molecule has 17 heteroatoms. The first-order valence-electron chi connectivity index (χ1n) is 18.9. The molecule has 2 amide bonds. The van der Waals surface area contributed by atoms with E-state index in [1.165, 1.54) is 9.80 Å². The second kappa shape index (κ2) is 16.7. The minimum atomic E-state index is -4.88. The zero-order valence-corrected chi connectivity index (χ0v) is 32.6. The van der Waals surface area contributed by atoms with Crippen LogP contribution in [0.3, 0.4) is 0 Å². The SMILES string of the molecule is CCC[C@H]1N(C(=O)c2cnccc2C(F)(F)F)CCC[C@]1(Oc1csc(C(F)(F)F)c1)C(=O)N1CCC(O)(c2ccccc2OCCCc2c(C)n[nH]c2C)CC1. The Morgan fingerprint density at radius 3 is 2.42 bits per heavy atom. The van der Waals surface area contributed by atoms with Crippen LogP contribution in [0, 0.1) is 13.8 Å². The van der Waals surface area contributed by atoms with Gasteiger partial charge in [-0.05, 0) is 70.1 Å². The molecule has 2 aliphatic heterocycles. The van der Waals surface area contributed by atoms with E-state index in [0.29, 0.717) is 48.2 Å². The number of aliphatic hydroxyl groups is 1. The Morgan fingerprint density at radius 1 is 1.04 bits per heavy atom. The van der Waals surface area contributed by atoms with Crippen molar-refractivity contribution in [3.63, 3.8) is 0 Å². The normalized spacial score (nSPS) is 20.1. The van der Waals surface area contributed by atoms with Gasteiger partial charge in [-0.1, -0.05) is 31.5 Å². The summed E-state index contributed by atoms with van der Waals surface area (Å²) in [5.41, 5.74) is -1.68. The molecule has 2 saturated heterocycles. The Balaban J connectivity index is 1.27. The van der Waals surface area contributed by atoms with E-state index in [2.05, 4.69) is 15.2 Å². The number of para-hydroxylation sites is 1. The molecule has 2 fully saturated rings. The largest absolute Gasteiger partial charge is 0.493 e. The van der Waals surface area contributed by atoms with Gasteiger partial charge in [0.25, 0.3) is 11.8 Å². The van der Waals surface area contributed by atoms with Gasteiger partial charge >= 0.3 is 12.4 Å². The maximum absolute atomic E-state index is 15.0. The molecule has 57 heavy (non-hydrogen) atoms. The van der Waals surface area contributed by atoms with E-state index in [-0.39, 0.29) is 57.5 Å². The molecule has 6 rings (SSSR count). The number of aromatic nitrogens is 3. The van der Waals surface area contributed by atoms with Crippen LogP contribution in [0.15, 0.2) is 54.2 Å². The highest BCUT2D eigenvalue weighted by molar-refractivity contribution is 7.10. The van der Waals surface area contributed by atoms with Gasteiger partial charge in [0.1, 0.15) is 16.4 Å². The Kier molecular flexibility index (Phi) is 12.3. The molecule has 1 aromatic carbocycles. The molecular weight excluding hydrogens is 777 g/mol. The van der Waals surface area contributed by atoms with E-state index < -0.39 is 57.4 Å². The molecule has 2 atom stereocenters. The number of nitrogens with one attached hydrogen (secondary N) is 1. The van der Waals surface area contributed by atoms with Crippen LogP contribution in [-0.4, -0.2) is 79.8 Å². The average Bonchev–Trinajstić information content (AvgIpc) is 3.79. The van der Waals surface area contributed by atoms with E-state index in [9.17, 15) is 41.0 Å². The lowest BCUT2D eigenvalue weighted by atomic mass is 9.78. The minimum Gasteiger partial charge on any atom is -0.493 e. The van der Waals surface area contributed by atoms with E-state index in [0.717, 1.165) is 47.2 Å². The number of aryl methyl sites for hydroxylation is 2. The first-order chi connectivity index (χ1) is 27.0. The van der Waals surface area contributed by atoms with E-state index in [4.69, 9.17) is 9.47 Å². The number of H-pyrrole nitrogens is 1. The van der Waals surface area contributed by atoms with Gasteiger partial charge in [-0.3, -0.25) is 19.7 Å². The molecule has 3 aromatic heterocycles.